The van der Waals surface area contributed by atoms with Crippen LogP contribution in [0, 0.1) is 19.3 Å². The van der Waals surface area contributed by atoms with E-state index in [1.54, 1.807) is 34.0 Å². The van der Waals surface area contributed by atoms with Gasteiger partial charge in [0, 0.05) is 22.7 Å². The summed E-state index contributed by atoms with van der Waals surface area (Å²) in [4.78, 5) is 28.2. The van der Waals surface area contributed by atoms with Gasteiger partial charge in [-0.2, -0.15) is 5.10 Å². The molecule has 148 valence electrons. The molecule has 2 amide bonds. The quantitative estimate of drug-likeness (QED) is 0.651. The average molecular weight is 417 g/mol. The van der Waals surface area contributed by atoms with E-state index in [1.807, 2.05) is 31.2 Å². The second-order valence-electron chi connectivity index (χ2n) is 7.54. The molecule has 0 saturated carbocycles. The molecule has 2 aliphatic heterocycles. The van der Waals surface area contributed by atoms with E-state index in [-0.39, 0.29) is 24.8 Å². The van der Waals surface area contributed by atoms with Gasteiger partial charge in [0.1, 0.15) is 11.2 Å². The molecule has 1 aromatic heterocycles. The van der Waals surface area contributed by atoms with Crippen LogP contribution in [-0.4, -0.2) is 28.1 Å². The van der Waals surface area contributed by atoms with Crippen molar-refractivity contribution >= 4 is 34.9 Å². The normalized spacial score (nSPS) is 19.4. The molecule has 0 unspecified atom stereocenters. The highest BCUT2D eigenvalue weighted by Gasteiger charge is 2.57. The third-order valence-corrected chi connectivity index (χ3v) is 5.96. The van der Waals surface area contributed by atoms with Gasteiger partial charge in [0.05, 0.1) is 18.4 Å². The Morgan fingerprint density at radius 3 is 2.83 bits per heavy atom. The smallest absolute Gasteiger partial charge is 0.243 e. The number of benzene rings is 2. The lowest BCUT2D eigenvalue weighted by Crippen LogP contribution is -2.46. The summed E-state index contributed by atoms with van der Waals surface area (Å²) in [5, 5.41) is 7.94. The molecule has 0 aliphatic carbocycles. The summed E-state index contributed by atoms with van der Waals surface area (Å²) in [7, 11) is 0. The van der Waals surface area contributed by atoms with Gasteiger partial charge >= 0.3 is 0 Å². The lowest BCUT2D eigenvalue weighted by atomic mass is 9.71. The lowest BCUT2D eigenvalue weighted by Gasteiger charge is -2.32. The standard InChI is InChI=1S/C23H17ClN4O2/c1-3-9-27-19-8-7-14(2)10-17(19)23(22(27)30)12-20(29)26-21-18(23)13-25-28(21)16-6-4-5-15(24)11-16/h1,4-8,10-11,13H,9,12H2,2H3,(H,26,29)/t23-/m0/s1. The third kappa shape index (κ3) is 2.42. The largest absolute Gasteiger partial charge is 0.310 e. The lowest BCUT2D eigenvalue weighted by molar-refractivity contribution is -0.126. The molecule has 0 radical (unpaired) electrons. The number of amides is 2. The molecule has 1 N–H and O–H groups in total. The molecule has 1 atom stereocenters. The first-order valence-electron chi connectivity index (χ1n) is 9.46. The Kier molecular flexibility index (Phi) is 3.99. The SMILES string of the molecule is C#CCN1C(=O)[C@@]2(CC(=O)Nc3c2cnn3-c2cccc(Cl)c2)c2cc(C)ccc21. The van der Waals surface area contributed by atoms with E-state index in [0.29, 0.717) is 22.1 Å². The zero-order valence-corrected chi connectivity index (χ0v) is 16.9. The van der Waals surface area contributed by atoms with Crippen molar-refractivity contribution in [1.29, 1.82) is 0 Å². The molecule has 2 aromatic carbocycles. The molecule has 2 aliphatic rings. The number of fused-ring (bicyclic) bond motifs is 4. The Morgan fingerprint density at radius 1 is 1.23 bits per heavy atom. The van der Waals surface area contributed by atoms with Gasteiger partial charge in [0.2, 0.25) is 11.8 Å². The number of hydrogen-bond acceptors (Lipinski definition) is 3. The van der Waals surface area contributed by atoms with Crippen molar-refractivity contribution in [2.75, 3.05) is 16.8 Å². The van der Waals surface area contributed by atoms with Crippen LogP contribution in [0.2, 0.25) is 5.02 Å². The first-order chi connectivity index (χ1) is 14.5. The number of nitrogens with zero attached hydrogens (tertiary/aromatic N) is 3. The Morgan fingerprint density at radius 2 is 2.07 bits per heavy atom. The number of aryl methyl sites for hydroxylation is 1. The number of halogens is 1. The van der Waals surface area contributed by atoms with Gasteiger partial charge < -0.3 is 5.32 Å². The number of terminal acetylenes is 1. The molecule has 0 bridgehead atoms. The van der Waals surface area contributed by atoms with E-state index < -0.39 is 5.41 Å². The molecule has 0 fully saturated rings. The van der Waals surface area contributed by atoms with Crippen LogP contribution in [0.15, 0.2) is 48.7 Å². The monoisotopic (exact) mass is 416 g/mol. The summed E-state index contributed by atoms with van der Waals surface area (Å²) >= 11 is 6.15. The van der Waals surface area contributed by atoms with Crippen molar-refractivity contribution < 1.29 is 9.59 Å². The Labute approximate surface area is 178 Å². The minimum atomic E-state index is -1.16. The van der Waals surface area contributed by atoms with Gasteiger partial charge in [-0.15, -0.1) is 6.42 Å². The summed E-state index contributed by atoms with van der Waals surface area (Å²) in [5.74, 6) is 2.57. The van der Waals surface area contributed by atoms with E-state index in [9.17, 15) is 9.59 Å². The maximum atomic E-state index is 13.7. The van der Waals surface area contributed by atoms with Crippen LogP contribution in [0.4, 0.5) is 11.5 Å². The zero-order valence-electron chi connectivity index (χ0n) is 16.1. The van der Waals surface area contributed by atoms with E-state index in [1.165, 1.54) is 0 Å². The van der Waals surface area contributed by atoms with Crippen molar-refractivity contribution in [2.24, 2.45) is 0 Å². The summed E-state index contributed by atoms with van der Waals surface area (Å²) in [6, 6.07) is 12.9. The van der Waals surface area contributed by atoms with Crippen LogP contribution in [0.5, 0.6) is 0 Å². The minimum absolute atomic E-state index is 0.00238. The van der Waals surface area contributed by atoms with Gasteiger partial charge in [-0.1, -0.05) is 41.3 Å². The maximum Gasteiger partial charge on any atom is 0.243 e. The number of carbonyl (C=O) groups is 2. The Hall–Kier alpha value is -3.56. The minimum Gasteiger partial charge on any atom is -0.310 e. The number of anilines is 2. The second kappa shape index (κ2) is 6.48. The van der Waals surface area contributed by atoms with Crippen molar-refractivity contribution in [1.82, 2.24) is 9.78 Å². The second-order valence-corrected chi connectivity index (χ2v) is 7.98. The fraction of sp³-hybridized carbons (Fsp3) is 0.174. The number of carbonyl (C=O) groups excluding carboxylic acids is 2. The summed E-state index contributed by atoms with van der Waals surface area (Å²) in [6.45, 7) is 2.09. The zero-order chi connectivity index (χ0) is 21.0. The molecule has 7 heteroatoms. The predicted molar refractivity (Wildman–Crippen MR) is 115 cm³/mol. The van der Waals surface area contributed by atoms with Crippen LogP contribution in [0.3, 0.4) is 0 Å². The van der Waals surface area contributed by atoms with Crippen LogP contribution in [0.25, 0.3) is 5.69 Å². The van der Waals surface area contributed by atoms with Crippen LogP contribution in [0.1, 0.15) is 23.1 Å². The van der Waals surface area contributed by atoms with E-state index >= 15 is 0 Å². The first-order valence-corrected chi connectivity index (χ1v) is 9.84. The Bertz CT molecular complexity index is 1270. The third-order valence-electron chi connectivity index (χ3n) is 5.73. The molecule has 5 rings (SSSR count). The van der Waals surface area contributed by atoms with Gasteiger partial charge in [0.25, 0.3) is 0 Å². The van der Waals surface area contributed by atoms with Crippen molar-refractivity contribution in [3.8, 4) is 18.0 Å². The fourth-order valence-electron chi connectivity index (χ4n) is 4.46. The summed E-state index contributed by atoms with van der Waals surface area (Å²) < 4.78 is 1.60. The molecule has 0 saturated heterocycles. The number of nitrogens with one attached hydrogen (secondary N) is 1. The number of hydrogen-bond donors (Lipinski definition) is 1. The number of rotatable bonds is 2. The predicted octanol–water partition coefficient (Wildman–Crippen LogP) is 3.44. The van der Waals surface area contributed by atoms with Crippen molar-refractivity contribution in [2.45, 2.75) is 18.8 Å². The van der Waals surface area contributed by atoms with E-state index in [0.717, 1.165) is 16.8 Å². The topological polar surface area (TPSA) is 67.2 Å². The van der Waals surface area contributed by atoms with Gasteiger partial charge in [0.15, 0.2) is 0 Å². The summed E-state index contributed by atoms with van der Waals surface area (Å²) in [5.41, 5.74) is 2.70. The average Bonchev–Trinajstić information content (AvgIpc) is 3.23. The highest BCUT2D eigenvalue weighted by molar-refractivity contribution is 6.30. The van der Waals surface area contributed by atoms with Gasteiger partial charge in [-0.25, -0.2) is 4.68 Å². The summed E-state index contributed by atoms with van der Waals surface area (Å²) in [6.07, 6.45) is 7.19. The van der Waals surface area contributed by atoms with Crippen LogP contribution in [-0.2, 0) is 15.0 Å². The molecular weight excluding hydrogens is 400 g/mol. The highest BCUT2D eigenvalue weighted by atomic mass is 35.5. The molecule has 1 spiro atoms. The van der Waals surface area contributed by atoms with E-state index in [4.69, 9.17) is 18.0 Å². The molecule has 3 aromatic rings. The maximum absolute atomic E-state index is 13.7. The van der Waals surface area contributed by atoms with Crippen molar-refractivity contribution in [3.63, 3.8) is 0 Å². The number of aromatic nitrogens is 2. The van der Waals surface area contributed by atoms with Gasteiger partial charge in [-0.3, -0.25) is 14.5 Å². The first kappa shape index (κ1) is 18.5. The van der Waals surface area contributed by atoms with E-state index in [2.05, 4.69) is 16.3 Å². The van der Waals surface area contributed by atoms with Crippen molar-refractivity contribution in [3.05, 3.63) is 70.4 Å². The van der Waals surface area contributed by atoms with Crippen LogP contribution < -0.4 is 10.2 Å². The van der Waals surface area contributed by atoms with Gasteiger partial charge in [-0.05, 0) is 36.8 Å². The molecule has 3 heterocycles. The molecule has 6 nitrogen and oxygen atoms in total. The van der Waals surface area contributed by atoms with Crippen LogP contribution >= 0.6 is 11.6 Å². The highest BCUT2D eigenvalue weighted by Crippen LogP contribution is 2.52. The fourth-order valence-corrected chi connectivity index (χ4v) is 4.64. The molecular formula is C23H17ClN4O2. The Balaban J connectivity index is 1.78. The molecule has 30 heavy (non-hydrogen) atoms.